The van der Waals surface area contributed by atoms with Gasteiger partial charge in [0.15, 0.2) is 16.8 Å². The summed E-state index contributed by atoms with van der Waals surface area (Å²) in [6, 6.07) is 4.20. The molecule has 0 fully saturated rings. The highest BCUT2D eigenvalue weighted by atomic mass is 19.3. The fourth-order valence-corrected chi connectivity index (χ4v) is 1.22. The van der Waals surface area contributed by atoms with Gasteiger partial charge in [0.25, 0.3) is 5.89 Å². The van der Waals surface area contributed by atoms with Crippen molar-refractivity contribution in [1.82, 2.24) is 4.98 Å². The number of hydrogen-bond donors (Lipinski definition) is 1. The van der Waals surface area contributed by atoms with Gasteiger partial charge >= 0.3 is 12.5 Å². The number of amides is 1. The summed E-state index contributed by atoms with van der Waals surface area (Å²) in [7, 11) is 0. The molecule has 0 radical (unpaired) electrons. The number of halogens is 2. The van der Waals surface area contributed by atoms with E-state index in [1.54, 1.807) is 0 Å². The number of alkyl halides is 2. The van der Waals surface area contributed by atoms with Gasteiger partial charge in [0.2, 0.25) is 0 Å². The van der Waals surface area contributed by atoms with Crippen molar-refractivity contribution in [1.29, 1.82) is 0 Å². The molecule has 16 heavy (non-hydrogen) atoms. The first-order valence-electron chi connectivity index (χ1n) is 4.22. The molecule has 1 heterocycles. The number of fused-ring (bicyclic) bond motifs is 1. The lowest BCUT2D eigenvalue weighted by atomic mass is 10.3. The Hall–Kier alpha value is -2.18. The summed E-state index contributed by atoms with van der Waals surface area (Å²) in [5.41, 5.74) is 5.14. The van der Waals surface area contributed by atoms with E-state index in [-0.39, 0.29) is 22.7 Å². The van der Waals surface area contributed by atoms with Crippen LogP contribution in [-0.4, -0.2) is 17.5 Å². The van der Waals surface area contributed by atoms with E-state index in [1.807, 2.05) is 0 Å². The van der Waals surface area contributed by atoms with Gasteiger partial charge in [-0.05, 0) is 12.1 Å². The number of hydrogen-bond acceptors (Lipinski definition) is 4. The second-order valence-corrected chi connectivity index (χ2v) is 2.86. The predicted octanol–water partition coefficient (Wildman–Crippen LogP) is 1.53. The number of primary amides is 1. The molecule has 2 N–H and O–H groups in total. The smallest absolute Gasteiger partial charge is 0.387 e. The minimum atomic E-state index is -2.97. The summed E-state index contributed by atoms with van der Waals surface area (Å²) in [6.07, 6.45) is 0. The number of nitrogens with two attached hydrogens (primary N) is 1. The summed E-state index contributed by atoms with van der Waals surface area (Å²) in [4.78, 5) is 14.4. The first-order chi connectivity index (χ1) is 7.58. The van der Waals surface area contributed by atoms with Crippen LogP contribution in [0.4, 0.5) is 8.78 Å². The van der Waals surface area contributed by atoms with Gasteiger partial charge in [0.05, 0.1) is 0 Å². The molecule has 5 nitrogen and oxygen atoms in total. The number of para-hydroxylation sites is 1. The molecule has 7 heteroatoms. The monoisotopic (exact) mass is 228 g/mol. The van der Waals surface area contributed by atoms with Crippen molar-refractivity contribution in [2.75, 3.05) is 0 Å². The second-order valence-electron chi connectivity index (χ2n) is 2.86. The van der Waals surface area contributed by atoms with Crippen LogP contribution in [0.25, 0.3) is 11.1 Å². The highest BCUT2D eigenvalue weighted by Crippen LogP contribution is 2.26. The number of aromatic nitrogens is 1. The molecular formula is C9H6F2N2O3. The lowest BCUT2D eigenvalue weighted by molar-refractivity contribution is -0.0489. The molecule has 0 aliphatic heterocycles. The Morgan fingerprint density at radius 2 is 2.25 bits per heavy atom. The molecule has 0 spiro atoms. The first-order valence-corrected chi connectivity index (χ1v) is 4.22. The third-order valence-electron chi connectivity index (χ3n) is 1.81. The predicted molar refractivity (Wildman–Crippen MR) is 49.2 cm³/mol. The average Bonchev–Trinajstić information content (AvgIpc) is 2.61. The third kappa shape index (κ3) is 1.79. The third-order valence-corrected chi connectivity index (χ3v) is 1.81. The van der Waals surface area contributed by atoms with Crippen LogP contribution in [0.2, 0.25) is 0 Å². The Morgan fingerprint density at radius 1 is 1.50 bits per heavy atom. The zero-order chi connectivity index (χ0) is 11.7. The van der Waals surface area contributed by atoms with Crippen LogP contribution in [0.3, 0.4) is 0 Å². The molecule has 0 saturated heterocycles. The molecule has 1 aromatic heterocycles. The van der Waals surface area contributed by atoms with Crippen LogP contribution >= 0.6 is 0 Å². The Kier molecular flexibility index (Phi) is 2.43. The van der Waals surface area contributed by atoms with Crippen LogP contribution in [-0.2, 0) is 0 Å². The van der Waals surface area contributed by atoms with E-state index >= 15 is 0 Å². The normalized spacial score (nSPS) is 10.9. The summed E-state index contributed by atoms with van der Waals surface area (Å²) in [5.74, 6) is -1.39. The van der Waals surface area contributed by atoms with Crippen molar-refractivity contribution in [3.63, 3.8) is 0 Å². The maximum Gasteiger partial charge on any atom is 0.387 e. The minimum absolute atomic E-state index is 0.0385. The van der Waals surface area contributed by atoms with Gasteiger partial charge in [-0.25, -0.2) is 4.98 Å². The van der Waals surface area contributed by atoms with E-state index in [0.717, 1.165) is 0 Å². The number of carbonyl (C=O) groups is 1. The number of oxazole rings is 1. The molecule has 0 unspecified atom stereocenters. The molecule has 0 bridgehead atoms. The van der Waals surface area contributed by atoms with Crippen molar-refractivity contribution in [3.8, 4) is 5.75 Å². The van der Waals surface area contributed by atoms with Crippen molar-refractivity contribution >= 4 is 17.0 Å². The number of ether oxygens (including phenoxy) is 1. The van der Waals surface area contributed by atoms with Crippen molar-refractivity contribution in [3.05, 3.63) is 24.1 Å². The van der Waals surface area contributed by atoms with E-state index < -0.39 is 12.5 Å². The van der Waals surface area contributed by atoms with E-state index in [1.165, 1.54) is 18.2 Å². The fourth-order valence-electron chi connectivity index (χ4n) is 1.22. The number of benzene rings is 1. The summed E-state index contributed by atoms with van der Waals surface area (Å²) < 4.78 is 33.2. The zero-order valence-electron chi connectivity index (χ0n) is 7.81. The molecule has 84 valence electrons. The van der Waals surface area contributed by atoms with Crippen LogP contribution < -0.4 is 10.5 Å². The molecule has 2 aromatic rings. The number of nitrogens with zero attached hydrogens (tertiary/aromatic N) is 1. The average molecular weight is 228 g/mol. The van der Waals surface area contributed by atoms with E-state index in [4.69, 9.17) is 10.2 Å². The largest absolute Gasteiger partial charge is 0.432 e. The van der Waals surface area contributed by atoms with Crippen LogP contribution in [0.15, 0.2) is 22.6 Å². The number of rotatable bonds is 3. The van der Waals surface area contributed by atoms with Crippen LogP contribution in [0, 0.1) is 0 Å². The van der Waals surface area contributed by atoms with Crippen LogP contribution in [0.5, 0.6) is 5.75 Å². The highest BCUT2D eigenvalue weighted by Gasteiger charge is 2.16. The van der Waals surface area contributed by atoms with Crippen molar-refractivity contribution in [2.24, 2.45) is 5.73 Å². The van der Waals surface area contributed by atoms with Gasteiger partial charge in [-0.3, -0.25) is 4.79 Å². The van der Waals surface area contributed by atoms with E-state index in [2.05, 4.69) is 9.72 Å². The van der Waals surface area contributed by atoms with Gasteiger partial charge in [-0.2, -0.15) is 8.78 Å². The Bertz CT molecular complexity index is 539. The lowest BCUT2D eigenvalue weighted by Crippen LogP contribution is -2.10. The maximum absolute atomic E-state index is 12.0. The minimum Gasteiger partial charge on any atom is -0.432 e. The van der Waals surface area contributed by atoms with E-state index in [9.17, 15) is 13.6 Å². The standard InChI is InChI=1S/C9H6F2N2O3/c10-9(11)16-5-3-1-2-4-6(5)13-8(15-4)7(12)14/h1-3,9H,(H2,12,14). The molecule has 0 atom stereocenters. The lowest BCUT2D eigenvalue weighted by Gasteiger charge is -2.02. The zero-order valence-corrected chi connectivity index (χ0v) is 7.81. The second kappa shape index (κ2) is 3.76. The molecule has 1 amide bonds. The molecule has 0 saturated carbocycles. The van der Waals surface area contributed by atoms with Crippen molar-refractivity contribution in [2.45, 2.75) is 6.61 Å². The van der Waals surface area contributed by atoms with Crippen molar-refractivity contribution < 1.29 is 22.7 Å². The first kappa shape index (κ1) is 10.3. The van der Waals surface area contributed by atoms with Gasteiger partial charge in [0, 0.05) is 0 Å². The molecule has 1 aromatic carbocycles. The summed E-state index contributed by atoms with van der Waals surface area (Å²) in [6.45, 7) is -2.97. The molecule has 0 aliphatic rings. The Labute approximate surface area is 87.8 Å². The summed E-state index contributed by atoms with van der Waals surface area (Å²) in [5, 5.41) is 0. The van der Waals surface area contributed by atoms with Gasteiger partial charge in [-0.15, -0.1) is 0 Å². The van der Waals surface area contributed by atoms with Gasteiger partial charge < -0.3 is 14.9 Å². The van der Waals surface area contributed by atoms with Gasteiger partial charge in [-0.1, -0.05) is 6.07 Å². The van der Waals surface area contributed by atoms with Gasteiger partial charge in [0.1, 0.15) is 0 Å². The molecule has 2 rings (SSSR count). The summed E-state index contributed by atoms with van der Waals surface area (Å²) >= 11 is 0. The fraction of sp³-hybridized carbons (Fsp3) is 0.111. The maximum atomic E-state index is 12.0. The Balaban J connectivity index is 2.54. The van der Waals surface area contributed by atoms with E-state index in [0.29, 0.717) is 0 Å². The quantitative estimate of drug-likeness (QED) is 0.863. The Morgan fingerprint density at radius 3 is 2.88 bits per heavy atom. The molecular weight excluding hydrogens is 222 g/mol. The topological polar surface area (TPSA) is 78.4 Å². The molecule has 0 aliphatic carbocycles. The highest BCUT2D eigenvalue weighted by molar-refractivity contribution is 5.92. The SMILES string of the molecule is NC(=O)c1nc2c(OC(F)F)cccc2o1. The number of carbonyl (C=O) groups excluding carboxylic acids is 1. The van der Waals surface area contributed by atoms with Crippen LogP contribution in [0.1, 0.15) is 10.7 Å².